The van der Waals surface area contributed by atoms with E-state index >= 15 is 0 Å². The molecular weight excluding hydrogens is 226 g/mol. The lowest BCUT2D eigenvalue weighted by atomic mass is 10.2. The highest BCUT2D eigenvalue weighted by atomic mass is 32.2. The van der Waals surface area contributed by atoms with E-state index in [0.29, 0.717) is 19.5 Å². The standard InChI is InChI=1S/C10H25N3O2S/c1-5-10(6-2)13(4)16(14,15)12(3)9-7-8-11/h10H,5-9,11H2,1-4H3. The van der Waals surface area contributed by atoms with Gasteiger partial charge >= 0.3 is 0 Å². The zero-order valence-electron chi connectivity index (χ0n) is 10.8. The molecule has 0 aliphatic rings. The lowest BCUT2D eigenvalue weighted by Gasteiger charge is -2.29. The molecule has 0 radical (unpaired) electrons. The van der Waals surface area contributed by atoms with Gasteiger partial charge in [-0.1, -0.05) is 13.8 Å². The number of nitrogens with two attached hydrogens (primary N) is 1. The van der Waals surface area contributed by atoms with E-state index in [1.54, 1.807) is 14.1 Å². The van der Waals surface area contributed by atoms with Crippen LogP contribution in [0, 0.1) is 0 Å². The van der Waals surface area contributed by atoms with Crippen molar-refractivity contribution >= 4 is 10.2 Å². The quantitative estimate of drug-likeness (QED) is 0.688. The Morgan fingerprint density at radius 3 is 2.06 bits per heavy atom. The normalized spacial score (nSPS) is 13.0. The lowest BCUT2D eigenvalue weighted by Crippen LogP contribution is -2.45. The first-order valence-electron chi connectivity index (χ1n) is 5.81. The van der Waals surface area contributed by atoms with Crippen molar-refractivity contribution in [2.45, 2.75) is 39.2 Å². The summed E-state index contributed by atoms with van der Waals surface area (Å²) in [6.07, 6.45) is 2.35. The van der Waals surface area contributed by atoms with Gasteiger partial charge in [-0.15, -0.1) is 0 Å². The van der Waals surface area contributed by atoms with Gasteiger partial charge in [0.15, 0.2) is 0 Å². The minimum atomic E-state index is -3.32. The Morgan fingerprint density at radius 1 is 1.19 bits per heavy atom. The fourth-order valence-electron chi connectivity index (χ4n) is 1.64. The minimum absolute atomic E-state index is 0.0744. The zero-order chi connectivity index (χ0) is 12.8. The minimum Gasteiger partial charge on any atom is -0.330 e. The molecule has 0 rings (SSSR count). The lowest BCUT2D eigenvalue weighted by molar-refractivity contribution is 0.317. The van der Waals surface area contributed by atoms with Crippen molar-refractivity contribution in [2.24, 2.45) is 5.73 Å². The van der Waals surface area contributed by atoms with Gasteiger partial charge in [-0.25, -0.2) is 0 Å². The number of rotatable bonds is 8. The van der Waals surface area contributed by atoms with E-state index in [9.17, 15) is 8.42 Å². The summed E-state index contributed by atoms with van der Waals surface area (Å²) in [7, 11) is -0.0777. The van der Waals surface area contributed by atoms with Crippen LogP contribution in [0.15, 0.2) is 0 Å². The molecule has 0 spiro atoms. The van der Waals surface area contributed by atoms with Gasteiger partial charge in [0.1, 0.15) is 0 Å². The molecule has 0 fully saturated rings. The molecule has 16 heavy (non-hydrogen) atoms. The molecule has 0 saturated heterocycles. The molecule has 0 aromatic heterocycles. The van der Waals surface area contributed by atoms with Gasteiger partial charge < -0.3 is 5.73 Å². The maximum Gasteiger partial charge on any atom is 0.281 e. The fraction of sp³-hybridized carbons (Fsp3) is 1.00. The van der Waals surface area contributed by atoms with Crippen LogP contribution in [0.3, 0.4) is 0 Å². The summed E-state index contributed by atoms with van der Waals surface area (Å²) < 4.78 is 27.0. The summed E-state index contributed by atoms with van der Waals surface area (Å²) in [6.45, 7) is 4.98. The molecule has 6 heteroatoms. The largest absolute Gasteiger partial charge is 0.330 e. The van der Waals surface area contributed by atoms with E-state index in [1.807, 2.05) is 13.8 Å². The zero-order valence-corrected chi connectivity index (χ0v) is 11.6. The first kappa shape index (κ1) is 15.8. The highest BCUT2D eigenvalue weighted by Gasteiger charge is 2.27. The summed E-state index contributed by atoms with van der Waals surface area (Å²) in [5.74, 6) is 0. The van der Waals surface area contributed by atoms with Gasteiger partial charge in [-0.2, -0.15) is 17.0 Å². The highest BCUT2D eigenvalue weighted by Crippen LogP contribution is 2.13. The second kappa shape index (κ2) is 7.21. The molecule has 0 aliphatic heterocycles. The van der Waals surface area contributed by atoms with Gasteiger partial charge in [0.05, 0.1) is 0 Å². The summed E-state index contributed by atoms with van der Waals surface area (Å²) in [5, 5.41) is 0. The Hall–Kier alpha value is -0.170. The molecule has 0 saturated carbocycles. The average Bonchev–Trinajstić information content (AvgIpc) is 2.27. The summed E-state index contributed by atoms with van der Waals surface area (Å²) in [5.41, 5.74) is 5.37. The number of hydrogen-bond donors (Lipinski definition) is 1. The molecular formula is C10H25N3O2S. The second-order valence-corrected chi connectivity index (χ2v) is 6.05. The topological polar surface area (TPSA) is 66.6 Å². The SMILES string of the molecule is CCC(CC)N(C)S(=O)(=O)N(C)CCCN. The molecule has 0 amide bonds. The molecule has 0 bridgehead atoms. The summed E-state index contributed by atoms with van der Waals surface area (Å²) in [4.78, 5) is 0. The van der Waals surface area contributed by atoms with Crippen molar-refractivity contribution in [3.63, 3.8) is 0 Å². The van der Waals surface area contributed by atoms with Gasteiger partial charge in [0, 0.05) is 26.7 Å². The third kappa shape index (κ3) is 4.01. The van der Waals surface area contributed by atoms with Crippen molar-refractivity contribution in [1.82, 2.24) is 8.61 Å². The van der Waals surface area contributed by atoms with Gasteiger partial charge in [0.25, 0.3) is 10.2 Å². The third-order valence-electron chi connectivity index (χ3n) is 2.89. The smallest absolute Gasteiger partial charge is 0.281 e. The van der Waals surface area contributed by atoms with Crippen molar-refractivity contribution in [2.75, 3.05) is 27.2 Å². The van der Waals surface area contributed by atoms with Crippen LogP contribution >= 0.6 is 0 Å². The molecule has 0 aromatic rings. The Labute approximate surface area is 99.8 Å². The Kier molecular flexibility index (Phi) is 7.14. The molecule has 0 unspecified atom stereocenters. The molecule has 5 nitrogen and oxygen atoms in total. The molecule has 2 N–H and O–H groups in total. The average molecular weight is 251 g/mol. The summed E-state index contributed by atoms with van der Waals surface area (Å²) in [6, 6.07) is 0.0744. The number of nitrogens with zero attached hydrogens (tertiary/aromatic N) is 2. The van der Waals surface area contributed by atoms with Crippen LogP contribution in [-0.2, 0) is 10.2 Å². The van der Waals surface area contributed by atoms with Crippen LogP contribution < -0.4 is 5.73 Å². The second-order valence-electron chi connectivity index (χ2n) is 3.96. The monoisotopic (exact) mass is 251 g/mol. The van der Waals surface area contributed by atoms with Crippen molar-refractivity contribution in [1.29, 1.82) is 0 Å². The first-order chi connectivity index (χ1) is 7.41. The maximum atomic E-state index is 12.1. The Bertz CT molecular complexity index is 276. The molecule has 0 atom stereocenters. The van der Waals surface area contributed by atoms with Crippen LogP contribution in [0.2, 0.25) is 0 Å². The van der Waals surface area contributed by atoms with Crippen LogP contribution in [0.1, 0.15) is 33.1 Å². The van der Waals surface area contributed by atoms with Crippen molar-refractivity contribution < 1.29 is 8.42 Å². The third-order valence-corrected chi connectivity index (χ3v) is 4.89. The highest BCUT2D eigenvalue weighted by molar-refractivity contribution is 7.86. The Balaban J connectivity index is 4.63. The van der Waals surface area contributed by atoms with Crippen LogP contribution in [-0.4, -0.2) is 50.3 Å². The predicted octanol–water partition coefficient (Wildman–Crippen LogP) is 0.632. The van der Waals surface area contributed by atoms with Crippen molar-refractivity contribution in [3.05, 3.63) is 0 Å². The Morgan fingerprint density at radius 2 is 1.69 bits per heavy atom. The van der Waals surface area contributed by atoms with E-state index in [2.05, 4.69) is 0 Å². The maximum absolute atomic E-state index is 12.1. The van der Waals surface area contributed by atoms with E-state index in [4.69, 9.17) is 5.73 Å². The summed E-state index contributed by atoms with van der Waals surface area (Å²) >= 11 is 0. The van der Waals surface area contributed by atoms with Crippen LogP contribution in [0.25, 0.3) is 0 Å². The predicted molar refractivity (Wildman–Crippen MR) is 67.4 cm³/mol. The fourth-order valence-corrected chi connectivity index (χ4v) is 3.11. The first-order valence-corrected chi connectivity index (χ1v) is 7.20. The van der Waals surface area contributed by atoms with E-state index in [-0.39, 0.29) is 6.04 Å². The molecule has 0 heterocycles. The molecule has 98 valence electrons. The van der Waals surface area contributed by atoms with E-state index in [1.165, 1.54) is 8.61 Å². The van der Waals surface area contributed by atoms with Gasteiger partial charge in [-0.05, 0) is 25.8 Å². The van der Waals surface area contributed by atoms with Crippen LogP contribution in [0.5, 0.6) is 0 Å². The molecule has 0 aliphatic carbocycles. The van der Waals surface area contributed by atoms with Crippen LogP contribution in [0.4, 0.5) is 0 Å². The number of hydrogen-bond acceptors (Lipinski definition) is 3. The van der Waals surface area contributed by atoms with E-state index in [0.717, 1.165) is 12.8 Å². The van der Waals surface area contributed by atoms with Gasteiger partial charge in [-0.3, -0.25) is 0 Å². The van der Waals surface area contributed by atoms with E-state index < -0.39 is 10.2 Å². The molecule has 0 aromatic carbocycles. The van der Waals surface area contributed by atoms with Crippen molar-refractivity contribution in [3.8, 4) is 0 Å². The van der Waals surface area contributed by atoms with Gasteiger partial charge in [0.2, 0.25) is 0 Å².